The highest BCUT2D eigenvalue weighted by molar-refractivity contribution is 7.98. The van der Waals surface area contributed by atoms with Crippen molar-refractivity contribution in [1.29, 1.82) is 0 Å². The molecular weight excluding hydrogens is 452 g/mol. The number of ether oxygens (including phenoxy) is 2. The molecule has 1 fully saturated rings. The molecule has 7 heteroatoms. The summed E-state index contributed by atoms with van der Waals surface area (Å²) in [5.74, 6) is 2.12. The smallest absolute Gasteiger partial charge is 0.281 e. The van der Waals surface area contributed by atoms with Gasteiger partial charge in [0.2, 0.25) is 0 Å². The number of nitrogens with one attached hydrogen (secondary N) is 1. The molecule has 0 spiro atoms. The van der Waals surface area contributed by atoms with Crippen molar-refractivity contribution >= 4 is 46.8 Å². The number of nitrogens with zero attached hydrogens (tertiary/aromatic N) is 1. The van der Waals surface area contributed by atoms with Crippen LogP contribution in [0.4, 0.5) is 5.69 Å². The van der Waals surface area contributed by atoms with Gasteiger partial charge in [-0.15, -0.1) is 11.8 Å². The molecule has 1 aliphatic heterocycles. The number of rotatable bonds is 8. The maximum atomic E-state index is 13.1. The maximum Gasteiger partial charge on any atom is 0.281 e. The van der Waals surface area contributed by atoms with Crippen molar-refractivity contribution in [3.8, 4) is 11.5 Å². The number of hydrogen-bond acceptors (Lipinski definition) is 5. The molecule has 0 unspecified atom stereocenters. The van der Waals surface area contributed by atoms with Crippen molar-refractivity contribution in [3.63, 3.8) is 0 Å². The summed E-state index contributed by atoms with van der Waals surface area (Å²) in [4.78, 5) is 15.7. The molecule has 33 heavy (non-hydrogen) atoms. The highest BCUT2D eigenvalue weighted by Crippen LogP contribution is 2.30. The second kappa shape index (κ2) is 10.6. The highest BCUT2D eigenvalue weighted by atomic mass is 32.2. The van der Waals surface area contributed by atoms with E-state index in [1.165, 1.54) is 9.80 Å². The Bertz CT molecular complexity index is 1180. The Kier molecular flexibility index (Phi) is 7.32. The summed E-state index contributed by atoms with van der Waals surface area (Å²) < 4.78 is 11.1. The first-order chi connectivity index (χ1) is 16.1. The predicted octanol–water partition coefficient (Wildman–Crippen LogP) is 5.65. The van der Waals surface area contributed by atoms with Gasteiger partial charge >= 0.3 is 0 Å². The van der Waals surface area contributed by atoms with E-state index in [0.717, 1.165) is 28.4 Å². The van der Waals surface area contributed by atoms with E-state index in [2.05, 4.69) is 17.4 Å². The van der Waals surface area contributed by atoms with E-state index in [1.54, 1.807) is 24.9 Å². The molecule has 3 aromatic rings. The van der Waals surface area contributed by atoms with Crippen LogP contribution < -0.4 is 19.7 Å². The zero-order valence-electron chi connectivity index (χ0n) is 18.4. The van der Waals surface area contributed by atoms with Gasteiger partial charge in [-0.1, -0.05) is 30.3 Å². The van der Waals surface area contributed by atoms with Crippen LogP contribution in [0, 0.1) is 0 Å². The van der Waals surface area contributed by atoms with Gasteiger partial charge in [-0.2, -0.15) is 0 Å². The van der Waals surface area contributed by atoms with Crippen LogP contribution in [-0.4, -0.2) is 24.7 Å². The Labute approximate surface area is 203 Å². The van der Waals surface area contributed by atoms with E-state index >= 15 is 0 Å². The van der Waals surface area contributed by atoms with Gasteiger partial charge in [-0.25, -0.2) is 0 Å². The van der Waals surface area contributed by atoms with Crippen LogP contribution in [0.2, 0.25) is 0 Å². The van der Waals surface area contributed by atoms with Crippen LogP contribution in [0.1, 0.15) is 18.1 Å². The zero-order valence-corrected chi connectivity index (χ0v) is 20.0. The first-order valence-electron chi connectivity index (χ1n) is 10.5. The molecule has 0 aliphatic carbocycles. The average molecular weight is 477 g/mol. The lowest BCUT2D eigenvalue weighted by atomic mass is 10.1. The predicted molar refractivity (Wildman–Crippen MR) is 138 cm³/mol. The topological polar surface area (TPSA) is 50.8 Å². The van der Waals surface area contributed by atoms with Gasteiger partial charge in [0.25, 0.3) is 5.91 Å². The summed E-state index contributed by atoms with van der Waals surface area (Å²) in [5.41, 5.74) is 3.05. The zero-order chi connectivity index (χ0) is 23.2. The number of hydrogen-bond donors (Lipinski definition) is 1. The lowest BCUT2D eigenvalue weighted by Crippen LogP contribution is -2.30. The number of carbonyl (C=O) groups excluding carboxylic acids is 1. The molecule has 5 nitrogen and oxygen atoms in total. The normalized spacial score (nSPS) is 14.5. The number of anilines is 1. The summed E-state index contributed by atoms with van der Waals surface area (Å²) in [5, 5.41) is 3.38. The van der Waals surface area contributed by atoms with Crippen LogP contribution in [0.5, 0.6) is 11.5 Å². The number of benzene rings is 3. The van der Waals surface area contributed by atoms with E-state index in [4.69, 9.17) is 21.7 Å². The van der Waals surface area contributed by atoms with Crippen molar-refractivity contribution in [1.82, 2.24) is 5.32 Å². The minimum absolute atomic E-state index is 0.202. The summed E-state index contributed by atoms with van der Waals surface area (Å²) in [6.45, 7) is 2.51. The molecule has 1 saturated heterocycles. The number of thioether (sulfide) groups is 1. The molecule has 1 amide bonds. The van der Waals surface area contributed by atoms with Crippen LogP contribution in [-0.2, 0) is 10.5 Å². The molecular formula is C26H24N2O3S2. The van der Waals surface area contributed by atoms with E-state index < -0.39 is 0 Å². The maximum absolute atomic E-state index is 13.1. The van der Waals surface area contributed by atoms with Gasteiger partial charge in [0, 0.05) is 16.2 Å². The third kappa shape index (κ3) is 5.38. The number of thiocarbonyl (C=S) groups is 1. The lowest BCUT2D eigenvalue weighted by molar-refractivity contribution is -0.113. The summed E-state index contributed by atoms with van der Waals surface area (Å²) in [6.07, 6.45) is 1.79. The van der Waals surface area contributed by atoms with Gasteiger partial charge in [0.15, 0.2) is 5.11 Å². The summed E-state index contributed by atoms with van der Waals surface area (Å²) in [7, 11) is 1.66. The Morgan fingerprint density at radius 1 is 1.06 bits per heavy atom. The quantitative estimate of drug-likeness (QED) is 0.258. The first kappa shape index (κ1) is 22.9. The minimum Gasteiger partial charge on any atom is -0.496 e. The van der Waals surface area contributed by atoms with Crippen molar-refractivity contribution < 1.29 is 14.3 Å². The van der Waals surface area contributed by atoms with E-state index in [1.807, 2.05) is 67.6 Å². The third-order valence-electron chi connectivity index (χ3n) is 5.04. The fraction of sp³-hybridized carbons (Fsp3) is 0.154. The van der Waals surface area contributed by atoms with Gasteiger partial charge in [0.1, 0.15) is 17.2 Å². The Hall–Kier alpha value is -3.29. The first-order valence-corrected chi connectivity index (χ1v) is 11.9. The SMILES string of the molecule is CCOc1ccc(N2C(=O)/C(=C\c3ccc(CSc4ccccc4)c(OC)c3)NC2=S)cc1. The summed E-state index contributed by atoms with van der Waals surface area (Å²) in [6, 6.07) is 23.5. The molecule has 1 aliphatic rings. The monoisotopic (exact) mass is 476 g/mol. The second-order valence-corrected chi connectivity index (χ2v) is 8.66. The van der Waals surface area contributed by atoms with Crippen LogP contribution in [0.3, 0.4) is 0 Å². The number of carbonyl (C=O) groups is 1. The molecule has 3 aromatic carbocycles. The molecule has 0 atom stereocenters. The van der Waals surface area contributed by atoms with Crippen LogP contribution in [0.25, 0.3) is 6.08 Å². The van der Waals surface area contributed by atoms with Crippen LogP contribution in [0.15, 0.2) is 83.4 Å². The third-order valence-corrected chi connectivity index (χ3v) is 6.39. The Morgan fingerprint density at radius 2 is 1.82 bits per heavy atom. The molecule has 0 saturated carbocycles. The largest absolute Gasteiger partial charge is 0.496 e. The van der Waals surface area contributed by atoms with Gasteiger partial charge in [-0.05, 0) is 73.2 Å². The van der Waals surface area contributed by atoms with Crippen molar-refractivity contribution in [2.24, 2.45) is 0 Å². The molecule has 0 aromatic heterocycles. The highest BCUT2D eigenvalue weighted by Gasteiger charge is 2.32. The van der Waals surface area contributed by atoms with Gasteiger partial charge < -0.3 is 14.8 Å². The molecule has 4 rings (SSSR count). The van der Waals surface area contributed by atoms with Gasteiger partial charge in [-0.3, -0.25) is 9.69 Å². The van der Waals surface area contributed by atoms with E-state index in [9.17, 15) is 4.79 Å². The van der Waals surface area contributed by atoms with E-state index in [0.29, 0.717) is 23.1 Å². The molecule has 0 bridgehead atoms. The van der Waals surface area contributed by atoms with Crippen molar-refractivity contribution in [2.75, 3.05) is 18.6 Å². The fourth-order valence-electron chi connectivity index (χ4n) is 3.44. The second-order valence-electron chi connectivity index (χ2n) is 7.23. The van der Waals surface area contributed by atoms with E-state index in [-0.39, 0.29) is 5.91 Å². The van der Waals surface area contributed by atoms with Crippen molar-refractivity contribution in [2.45, 2.75) is 17.6 Å². The molecule has 168 valence electrons. The minimum atomic E-state index is -0.202. The summed E-state index contributed by atoms with van der Waals surface area (Å²) >= 11 is 7.17. The molecule has 1 N–H and O–H groups in total. The van der Waals surface area contributed by atoms with Crippen molar-refractivity contribution in [3.05, 3.63) is 89.6 Å². The average Bonchev–Trinajstić information content (AvgIpc) is 3.12. The number of methoxy groups -OCH3 is 1. The molecule has 1 heterocycles. The Balaban J connectivity index is 1.51. The number of amides is 1. The van der Waals surface area contributed by atoms with Crippen LogP contribution >= 0.6 is 24.0 Å². The Morgan fingerprint density at radius 3 is 2.52 bits per heavy atom. The molecule has 0 radical (unpaired) electrons. The van der Waals surface area contributed by atoms with Gasteiger partial charge in [0.05, 0.1) is 19.4 Å². The lowest BCUT2D eigenvalue weighted by Gasteiger charge is -2.14. The fourth-order valence-corrected chi connectivity index (χ4v) is 4.65. The standard InChI is InChI=1S/C26H24N2O3S2/c1-3-31-21-13-11-20(12-14-21)28-25(29)23(27-26(28)32)15-18-9-10-19(24(16-18)30-2)17-33-22-7-5-4-6-8-22/h4-16H,3,17H2,1-2H3,(H,27,32)/b23-15+.